The van der Waals surface area contributed by atoms with E-state index >= 15 is 0 Å². The smallest absolute Gasteiger partial charge is 0.324 e. The number of nitrogens with zero attached hydrogens (tertiary/aromatic N) is 2. The Morgan fingerprint density at radius 2 is 1.71 bits per heavy atom. The molecule has 6 heteroatoms. The van der Waals surface area contributed by atoms with E-state index in [1.54, 1.807) is 16.9 Å². The van der Waals surface area contributed by atoms with Crippen LogP contribution in [-0.2, 0) is 14.2 Å². The van der Waals surface area contributed by atoms with Gasteiger partial charge in [0.2, 0.25) is 0 Å². The van der Waals surface area contributed by atoms with Crippen LogP contribution in [0.3, 0.4) is 0 Å². The zero-order chi connectivity index (χ0) is 17.7. The van der Waals surface area contributed by atoms with Crippen LogP contribution in [0.1, 0.15) is 42.9 Å². The van der Waals surface area contributed by atoms with E-state index in [2.05, 4.69) is 5.10 Å². The minimum Gasteiger partial charge on any atom is -0.324 e. The molecular weight excluding hydrogens is 308 g/mol. The van der Waals surface area contributed by atoms with Gasteiger partial charge in [-0.2, -0.15) is 5.10 Å². The van der Waals surface area contributed by atoms with Crippen molar-refractivity contribution in [2.45, 2.75) is 38.9 Å². The minimum atomic E-state index is -1.79. The van der Waals surface area contributed by atoms with Crippen LogP contribution in [0.2, 0.25) is 0 Å². The van der Waals surface area contributed by atoms with Crippen LogP contribution in [0.25, 0.3) is 0 Å². The molecule has 2 rings (SSSR count). The normalized spacial score (nSPS) is 13.2. The second-order valence-corrected chi connectivity index (χ2v) is 5.71. The van der Waals surface area contributed by atoms with Gasteiger partial charge in [0.1, 0.15) is 5.69 Å². The molecule has 24 heavy (non-hydrogen) atoms. The number of Topliss-reactive ketones (excluding diaryl/α,β-unsaturated/α-hetero) is 1. The highest BCUT2D eigenvalue weighted by atomic mass is 16.9. The topological polar surface area (TPSA) is 62.6 Å². The Balaban J connectivity index is 2.39. The first-order valence-corrected chi connectivity index (χ1v) is 7.86. The van der Waals surface area contributed by atoms with Gasteiger partial charge >= 0.3 is 5.97 Å². The lowest BCUT2D eigenvalue weighted by atomic mass is 10.1. The Bertz CT molecular complexity index is 663. The fraction of sp³-hybridized carbons (Fsp3) is 0.444. The molecule has 6 nitrogen and oxygen atoms in total. The highest BCUT2D eigenvalue weighted by Crippen LogP contribution is 2.25. The highest BCUT2D eigenvalue weighted by Gasteiger charge is 2.44. The van der Waals surface area contributed by atoms with Crippen molar-refractivity contribution >= 4 is 5.78 Å². The van der Waals surface area contributed by atoms with Crippen LogP contribution in [0.4, 0.5) is 0 Å². The van der Waals surface area contributed by atoms with Gasteiger partial charge in [-0.05, 0) is 32.4 Å². The Morgan fingerprint density at radius 1 is 1.08 bits per heavy atom. The van der Waals surface area contributed by atoms with Crippen molar-refractivity contribution in [2.24, 2.45) is 0 Å². The summed E-state index contributed by atoms with van der Waals surface area (Å²) < 4.78 is 17.9. The van der Waals surface area contributed by atoms with Crippen LogP contribution in [0.15, 0.2) is 42.6 Å². The first kappa shape index (κ1) is 18.3. The molecule has 0 radical (unpaired) electrons. The Morgan fingerprint density at radius 3 is 2.25 bits per heavy atom. The maximum Gasteiger partial charge on any atom is 0.352 e. The fourth-order valence-corrected chi connectivity index (χ4v) is 2.56. The summed E-state index contributed by atoms with van der Waals surface area (Å²) in [6.45, 7) is 5.59. The number of hydrogen-bond acceptors (Lipinski definition) is 5. The summed E-state index contributed by atoms with van der Waals surface area (Å²) in [6, 6.07) is 11.4. The molecule has 0 saturated carbocycles. The molecule has 0 bridgehead atoms. The average molecular weight is 332 g/mol. The summed E-state index contributed by atoms with van der Waals surface area (Å²) in [5, 5.41) is 4.30. The predicted octanol–water partition coefficient (Wildman–Crippen LogP) is 3.05. The van der Waals surface area contributed by atoms with Crippen molar-refractivity contribution < 1.29 is 19.0 Å². The zero-order valence-electron chi connectivity index (χ0n) is 14.7. The third-order valence-electron chi connectivity index (χ3n) is 3.76. The van der Waals surface area contributed by atoms with E-state index in [-0.39, 0.29) is 12.1 Å². The van der Waals surface area contributed by atoms with E-state index in [1.807, 2.05) is 51.1 Å². The van der Waals surface area contributed by atoms with Crippen molar-refractivity contribution in [3.8, 4) is 0 Å². The lowest BCUT2D eigenvalue weighted by Crippen LogP contribution is -2.48. The first-order chi connectivity index (χ1) is 11.4. The first-order valence-electron chi connectivity index (χ1n) is 7.86. The van der Waals surface area contributed by atoms with Crippen molar-refractivity contribution in [2.75, 3.05) is 14.2 Å². The molecule has 0 unspecified atom stereocenters. The highest BCUT2D eigenvalue weighted by molar-refractivity contribution is 5.99. The van der Waals surface area contributed by atoms with Gasteiger partial charge in [0.15, 0.2) is 0 Å². The molecule has 1 aromatic heterocycles. The lowest BCUT2D eigenvalue weighted by Gasteiger charge is -2.30. The molecule has 0 amide bonds. The van der Waals surface area contributed by atoms with Gasteiger partial charge in [-0.25, -0.2) is 0 Å². The van der Waals surface area contributed by atoms with Gasteiger partial charge in [0.25, 0.3) is 5.78 Å². The Kier molecular flexibility index (Phi) is 5.88. The quantitative estimate of drug-likeness (QED) is 0.549. The molecule has 0 aliphatic carbocycles. The summed E-state index contributed by atoms with van der Waals surface area (Å²) >= 11 is 0. The average Bonchev–Trinajstić information content (AvgIpc) is 3.08. The predicted molar refractivity (Wildman–Crippen MR) is 89.8 cm³/mol. The number of carbonyl (C=O) groups excluding carboxylic acids is 1. The van der Waals surface area contributed by atoms with Gasteiger partial charge < -0.3 is 14.2 Å². The number of methoxy groups -OCH3 is 2. The van der Waals surface area contributed by atoms with Gasteiger partial charge in [0.05, 0.1) is 12.1 Å². The van der Waals surface area contributed by atoms with Crippen molar-refractivity contribution in [1.82, 2.24) is 9.78 Å². The second kappa shape index (κ2) is 7.70. The van der Waals surface area contributed by atoms with Crippen molar-refractivity contribution in [1.29, 1.82) is 0 Å². The number of benzene rings is 1. The number of carbonyl (C=O) groups is 1. The van der Waals surface area contributed by atoms with Crippen molar-refractivity contribution in [3.63, 3.8) is 0 Å². The number of hydrogen-bond donors (Lipinski definition) is 0. The second-order valence-electron chi connectivity index (χ2n) is 5.71. The van der Waals surface area contributed by atoms with Crippen LogP contribution >= 0.6 is 0 Å². The summed E-state index contributed by atoms with van der Waals surface area (Å²) in [7, 11) is 2.76. The van der Waals surface area contributed by atoms with E-state index in [1.165, 1.54) is 14.2 Å². The van der Waals surface area contributed by atoms with E-state index in [0.29, 0.717) is 5.69 Å². The van der Waals surface area contributed by atoms with E-state index in [0.717, 1.165) is 5.56 Å². The molecule has 1 atom stereocenters. The molecule has 1 heterocycles. The molecular formula is C18H24N2O4. The number of rotatable bonds is 8. The summed E-state index contributed by atoms with van der Waals surface area (Å²) in [5.41, 5.74) is 1.40. The molecule has 1 aromatic carbocycles. The third kappa shape index (κ3) is 3.56. The minimum absolute atomic E-state index is 0.120. The molecule has 0 fully saturated rings. The maximum atomic E-state index is 13.0. The van der Waals surface area contributed by atoms with E-state index in [9.17, 15) is 4.79 Å². The van der Waals surface area contributed by atoms with Gasteiger partial charge in [0, 0.05) is 20.4 Å². The van der Waals surface area contributed by atoms with Gasteiger partial charge in [-0.15, -0.1) is 0 Å². The molecule has 0 spiro atoms. The summed E-state index contributed by atoms with van der Waals surface area (Å²) in [5.74, 6) is -2.22. The molecule has 0 saturated heterocycles. The summed E-state index contributed by atoms with van der Waals surface area (Å²) in [6.07, 6.45) is 1.33. The molecule has 0 aliphatic rings. The third-order valence-corrected chi connectivity index (χ3v) is 3.76. The fourth-order valence-electron chi connectivity index (χ4n) is 2.56. The summed E-state index contributed by atoms with van der Waals surface area (Å²) in [4.78, 5) is 13.0. The van der Waals surface area contributed by atoms with Crippen LogP contribution < -0.4 is 0 Å². The Labute approximate surface area is 142 Å². The lowest BCUT2D eigenvalue weighted by molar-refractivity contribution is -0.335. The number of aromatic nitrogens is 2. The van der Waals surface area contributed by atoms with Crippen LogP contribution in [0.5, 0.6) is 0 Å². The SMILES string of the molecule is COC(OC)(OC(C)C)C(=O)c1ccnn1[C@H](C)c1ccccc1. The molecule has 0 aliphatic heterocycles. The Hall–Kier alpha value is -2.02. The van der Waals surface area contributed by atoms with Gasteiger partial charge in [-0.1, -0.05) is 30.3 Å². The molecule has 2 aromatic rings. The monoisotopic (exact) mass is 332 g/mol. The number of ketones is 1. The van der Waals surface area contributed by atoms with E-state index < -0.39 is 11.8 Å². The maximum absolute atomic E-state index is 13.0. The zero-order valence-corrected chi connectivity index (χ0v) is 14.7. The van der Waals surface area contributed by atoms with Gasteiger partial charge in [-0.3, -0.25) is 9.48 Å². The molecule has 0 N–H and O–H groups in total. The van der Waals surface area contributed by atoms with Crippen molar-refractivity contribution in [3.05, 3.63) is 53.9 Å². The van der Waals surface area contributed by atoms with Crippen LogP contribution in [0, 0.1) is 0 Å². The van der Waals surface area contributed by atoms with Crippen LogP contribution in [-0.4, -0.2) is 41.9 Å². The van der Waals surface area contributed by atoms with E-state index in [4.69, 9.17) is 14.2 Å². The molecule has 130 valence electrons. The largest absolute Gasteiger partial charge is 0.352 e. The number of ether oxygens (including phenoxy) is 3. The standard InChI is InChI=1S/C18H24N2O4/c1-13(2)24-18(22-4,23-5)17(21)16-11-12-19-20(16)14(3)15-9-7-6-8-10-15/h6-14H,1-5H3/t14-/m1/s1.